The van der Waals surface area contributed by atoms with Gasteiger partial charge in [0.2, 0.25) is 0 Å². The number of hydrogen-bond acceptors (Lipinski definition) is 3. The molecule has 0 fully saturated rings. The first kappa shape index (κ1) is 10.6. The first-order valence-corrected chi connectivity index (χ1v) is 4.39. The zero-order valence-corrected chi connectivity index (χ0v) is 8.32. The lowest BCUT2D eigenvalue weighted by Crippen LogP contribution is -2.31. The Kier molecular flexibility index (Phi) is 3.14. The number of nitrogens with two attached hydrogens (primary N) is 1. The van der Waals surface area contributed by atoms with Gasteiger partial charge in [0.25, 0.3) is 5.91 Å². The van der Waals surface area contributed by atoms with E-state index in [-0.39, 0.29) is 12.5 Å². The molecule has 0 aliphatic rings. The molecule has 0 saturated heterocycles. The van der Waals surface area contributed by atoms with Crippen LogP contribution in [0, 0.1) is 0 Å². The highest BCUT2D eigenvalue weighted by Gasteiger charge is 2.10. The fourth-order valence-corrected chi connectivity index (χ4v) is 1.15. The van der Waals surface area contributed by atoms with Crippen molar-refractivity contribution in [2.24, 2.45) is 7.05 Å². The fraction of sp³-hybridized carbons (Fsp3) is 0.444. The van der Waals surface area contributed by atoms with Crippen LogP contribution in [0.15, 0.2) is 12.3 Å². The summed E-state index contributed by atoms with van der Waals surface area (Å²) in [6.07, 6.45) is 1.12. The van der Waals surface area contributed by atoms with E-state index in [1.165, 1.54) is 0 Å². The van der Waals surface area contributed by atoms with Crippen molar-refractivity contribution in [1.29, 1.82) is 0 Å². The fourth-order valence-electron chi connectivity index (χ4n) is 1.15. The molecule has 1 unspecified atom stereocenters. The summed E-state index contributed by atoms with van der Waals surface area (Å²) >= 11 is 0. The maximum absolute atomic E-state index is 11.5. The van der Waals surface area contributed by atoms with Crippen molar-refractivity contribution in [2.75, 3.05) is 12.3 Å². The predicted molar refractivity (Wildman–Crippen MR) is 53.8 cm³/mol. The molecule has 14 heavy (non-hydrogen) atoms. The number of nitrogens with zero attached hydrogens (tertiary/aromatic N) is 1. The van der Waals surface area contributed by atoms with E-state index in [1.807, 2.05) is 0 Å². The molecule has 0 aromatic carbocycles. The van der Waals surface area contributed by atoms with Crippen LogP contribution in [0.3, 0.4) is 0 Å². The number of aliphatic hydroxyl groups excluding tert-OH is 1. The van der Waals surface area contributed by atoms with E-state index in [0.29, 0.717) is 11.4 Å². The Balaban J connectivity index is 2.65. The lowest BCUT2D eigenvalue weighted by molar-refractivity contribution is 0.0916. The molecule has 1 heterocycles. The number of anilines is 1. The second-order valence-electron chi connectivity index (χ2n) is 3.33. The van der Waals surface area contributed by atoms with Crippen molar-refractivity contribution < 1.29 is 9.90 Å². The van der Waals surface area contributed by atoms with Gasteiger partial charge in [0.1, 0.15) is 5.69 Å². The molecule has 0 aliphatic heterocycles. The van der Waals surface area contributed by atoms with Gasteiger partial charge in [0.15, 0.2) is 0 Å². The molecule has 1 amide bonds. The van der Waals surface area contributed by atoms with Crippen LogP contribution in [0.1, 0.15) is 17.4 Å². The summed E-state index contributed by atoms with van der Waals surface area (Å²) in [5.74, 6) is -0.231. The number of aliphatic hydroxyl groups is 1. The first-order valence-electron chi connectivity index (χ1n) is 4.39. The summed E-state index contributed by atoms with van der Waals surface area (Å²) in [4.78, 5) is 11.5. The number of carbonyl (C=O) groups is 1. The van der Waals surface area contributed by atoms with Gasteiger partial charge in [-0.2, -0.15) is 0 Å². The van der Waals surface area contributed by atoms with Gasteiger partial charge in [0, 0.05) is 19.8 Å². The van der Waals surface area contributed by atoms with Crippen LogP contribution in [0.5, 0.6) is 0 Å². The van der Waals surface area contributed by atoms with Crippen molar-refractivity contribution in [3.05, 3.63) is 18.0 Å². The highest BCUT2D eigenvalue weighted by Crippen LogP contribution is 2.07. The molecule has 1 rings (SSSR count). The van der Waals surface area contributed by atoms with Crippen LogP contribution < -0.4 is 11.1 Å². The third kappa shape index (κ3) is 2.50. The third-order valence-corrected chi connectivity index (χ3v) is 1.82. The quantitative estimate of drug-likeness (QED) is 0.623. The van der Waals surface area contributed by atoms with E-state index in [9.17, 15) is 4.79 Å². The normalized spacial score (nSPS) is 12.5. The third-order valence-electron chi connectivity index (χ3n) is 1.82. The molecular formula is C9H15N3O2. The van der Waals surface area contributed by atoms with Gasteiger partial charge in [-0.3, -0.25) is 4.79 Å². The molecule has 4 N–H and O–H groups in total. The Morgan fingerprint density at radius 2 is 2.43 bits per heavy atom. The number of nitrogen functional groups attached to an aromatic ring is 1. The average Bonchev–Trinajstić information content (AvgIpc) is 2.41. The summed E-state index contributed by atoms with van der Waals surface area (Å²) in [6, 6.07) is 1.59. The van der Waals surface area contributed by atoms with Gasteiger partial charge < -0.3 is 20.7 Å². The minimum atomic E-state index is -0.545. The van der Waals surface area contributed by atoms with Gasteiger partial charge >= 0.3 is 0 Å². The molecule has 1 atom stereocenters. The summed E-state index contributed by atoms with van der Waals surface area (Å²) < 4.78 is 1.65. The second kappa shape index (κ2) is 4.15. The SMILES string of the molecule is CC(O)CNC(=O)c1cc(N)cn1C. The molecule has 0 radical (unpaired) electrons. The number of aromatic nitrogens is 1. The number of aryl methyl sites for hydroxylation is 1. The molecule has 5 nitrogen and oxygen atoms in total. The standard InChI is InChI=1S/C9H15N3O2/c1-6(13)4-11-9(14)8-3-7(10)5-12(8)2/h3,5-6,13H,4,10H2,1-2H3,(H,11,14). The maximum Gasteiger partial charge on any atom is 0.268 e. The van der Waals surface area contributed by atoms with E-state index in [1.54, 1.807) is 30.8 Å². The average molecular weight is 197 g/mol. The molecule has 0 bridgehead atoms. The Morgan fingerprint density at radius 3 is 2.86 bits per heavy atom. The summed E-state index contributed by atoms with van der Waals surface area (Å²) in [5.41, 5.74) is 6.56. The summed E-state index contributed by atoms with van der Waals surface area (Å²) in [6.45, 7) is 1.85. The van der Waals surface area contributed by atoms with Crippen LogP contribution in [0.25, 0.3) is 0 Å². The Labute approximate surface area is 82.5 Å². The van der Waals surface area contributed by atoms with Crippen LogP contribution in [-0.2, 0) is 7.05 Å². The number of hydrogen-bond donors (Lipinski definition) is 3. The van der Waals surface area contributed by atoms with Gasteiger partial charge in [-0.05, 0) is 13.0 Å². The Hall–Kier alpha value is -1.49. The largest absolute Gasteiger partial charge is 0.397 e. The number of amides is 1. The lowest BCUT2D eigenvalue weighted by atomic mass is 10.3. The van der Waals surface area contributed by atoms with Crippen molar-refractivity contribution in [3.63, 3.8) is 0 Å². The van der Waals surface area contributed by atoms with Crippen LogP contribution >= 0.6 is 0 Å². The molecule has 78 valence electrons. The summed E-state index contributed by atoms with van der Waals surface area (Å²) in [5, 5.41) is 11.6. The van der Waals surface area contributed by atoms with Crippen LogP contribution in [0.4, 0.5) is 5.69 Å². The monoisotopic (exact) mass is 197 g/mol. The molecule has 0 spiro atoms. The maximum atomic E-state index is 11.5. The van der Waals surface area contributed by atoms with Crippen molar-refractivity contribution in [3.8, 4) is 0 Å². The van der Waals surface area contributed by atoms with E-state index in [4.69, 9.17) is 10.8 Å². The molecule has 0 aliphatic carbocycles. The molecular weight excluding hydrogens is 182 g/mol. The summed E-state index contributed by atoms with van der Waals surface area (Å²) in [7, 11) is 1.74. The van der Waals surface area contributed by atoms with E-state index >= 15 is 0 Å². The Bertz CT molecular complexity index is 331. The van der Waals surface area contributed by atoms with Gasteiger partial charge in [0.05, 0.1) is 11.8 Å². The first-order chi connectivity index (χ1) is 6.50. The number of nitrogens with one attached hydrogen (secondary N) is 1. The minimum absolute atomic E-state index is 0.231. The minimum Gasteiger partial charge on any atom is -0.397 e. The van der Waals surface area contributed by atoms with E-state index in [2.05, 4.69) is 5.32 Å². The van der Waals surface area contributed by atoms with Gasteiger partial charge in [-0.1, -0.05) is 0 Å². The van der Waals surface area contributed by atoms with Crippen molar-refractivity contribution in [2.45, 2.75) is 13.0 Å². The van der Waals surface area contributed by atoms with E-state index in [0.717, 1.165) is 0 Å². The molecule has 5 heteroatoms. The van der Waals surface area contributed by atoms with Crippen molar-refractivity contribution in [1.82, 2.24) is 9.88 Å². The smallest absolute Gasteiger partial charge is 0.268 e. The van der Waals surface area contributed by atoms with E-state index < -0.39 is 6.10 Å². The highest BCUT2D eigenvalue weighted by atomic mass is 16.3. The molecule has 0 saturated carbocycles. The zero-order chi connectivity index (χ0) is 10.7. The molecule has 1 aromatic rings. The Morgan fingerprint density at radius 1 is 1.79 bits per heavy atom. The number of rotatable bonds is 3. The van der Waals surface area contributed by atoms with Gasteiger partial charge in [-0.15, -0.1) is 0 Å². The lowest BCUT2D eigenvalue weighted by Gasteiger charge is -2.07. The highest BCUT2D eigenvalue weighted by molar-refractivity contribution is 5.93. The van der Waals surface area contributed by atoms with Crippen molar-refractivity contribution >= 4 is 11.6 Å². The second-order valence-corrected chi connectivity index (χ2v) is 3.33. The van der Waals surface area contributed by atoms with Crippen LogP contribution in [-0.4, -0.2) is 28.2 Å². The molecule has 1 aromatic heterocycles. The topological polar surface area (TPSA) is 80.3 Å². The number of carbonyl (C=O) groups excluding carboxylic acids is 1. The van der Waals surface area contributed by atoms with Crippen LogP contribution in [0.2, 0.25) is 0 Å². The predicted octanol–water partition coefficient (Wildman–Crippen LogP) is -0.282. The van der Waals surface area contributed by atoms with Gasteiger partial charge in [-0.25, -0.2) is 0 Å². The zero-order valence-electron chi connectivity index (χ0n) is 8.32.